The van der Waals surface area contributed by atoms with E-state index in [1.807, 2.05) is 0 Å². The predicted octanol–water partition coefficient (Wildman–Crippen LogP) is 5.94. The molecule has 0 aromatic heterocycles. The molecule has 1 N–H and O–H groups in total. The van der Waals surface area contributed by atoms with Crippen molar-refractivity contribution in [3.05, 3.63) is 69.9 Å². The van der Waals surface area contributed by atoms with Gasteiger partial charge >= 0.3 is 0 Å². The lowest BCUT2D eigenvalue weighted by atomic mass is 9.97. The van der Waals surface area contributed by atoms with Crippen LogP contribution in [0, 0.1) is 41.5 Å². The highest BCUT2D eigenvalue weighted by Crippen LogP contribution is 2.40. The Kier molecular flexibility index (Phi) is 5.24. The Hall–Kier alpha value is -2.06. The van der Waals surface area contributed by atoms with Gasteiger partial charge in [0.05, 0.1) is 11.4 Å². The van der Waals surface area contributed by atoms with Gasteiger partial charge in [-0.3, -0.25) is 0 Å². The number of rotatable bonds is 4. The average molecular weight is 349 g/mol. The van der Waals surface area contributed by atoms with Crippen LogP contribution in [0.4, 0.5) is 11.4 Å². The van der Waals surface area contributed by atoms with Crippen molar-refractivity contribution in [3.8, 4) is 0 Å². The van der Waals surface area contributed by atoms with Crippen molar-refractivity contribution >= 4 is 11.4 Å². The minimum atomic E-state index is 0.343. The molecule has 1 saturated heterocycles. The third-order valence-electron chi connectivity index (χ3n) is 5.47. The van der Waals surface area contributed by atoms with E-state index in [2.05, 4.69) is 82.6 Å². The number of hydrogen-bond acceptors (Lipinski definition) is 2. The van der Waals surface area contributed by atoms with Gasteiger partial charge in [0.25, 0.3) is 0 Å². The summed E-state index contributed by atoms with van der Waals surface area (Å²) < 4.78 is 0. The summed E-state index contributed by atoms with van der Waals surface area (Å²) in [5.74, 6) is 0. The summed E-state index contributed by atoms with van der Waals surface area (Å²) in [7, 11) is 0. The van der Waals surface area contributed by atoms with Crippen LogP contribution in [0.15, 0.2) is 36.5 Å². The van der Waals surface area contributed by atoms with Crippen LogP contribution in [-0.4, -0.2) is 12.6 Å². The Bertz CT molecular complexity index is 738. The molecule has 1 atom stereocenters. The van der Waals surface area contributed by atoms with E-state index in [1.54, 1.807) is 0 Å². The summed E-state index contributed by atoms with van der Waals surface area (Å²) >= 11 is 0. The van der Waals surface area contributed by atoms with Crippen LogP contribution < -0.4 is 10.2 Å². The number of hydrogen-bond donors (Lipinski definition) is 1. The highest BCUT2D eigenvalue weighted by molar-refractivity contribution is 5.78. The second-order valence-electron chi connectivity index (χ2n) is 7.97. The Morgan fingerprint density at radius 3 is 1.62 bits per heavy atom. The van der Waals surface area contributed by atoms with Gasteiger partial charge in [0.2, 0.25) is 0 Å². The molecular weight excluding hydrogens is 316 g/mol. The highest BCUT2D eigenvalue weighted by Gasteiger charge is 2.27. The summed E-state index contributed by atoms with van der Waals surface area (Å²) in [6.45, 7) is 18.9. The van der Waals surface area contributed by atoms with Gasteiger partial charge in [-0.05, 0) is 83.2 Å². The fraction of sp³-hybridized carbons (Fsp3) is 0.417. The van der Waals surface area contributed by atoms with Crippen molar-refractivity contribution < 1.29 is 0 Å². The van der Waals surface area contributed by atoms with E-state index in [9.17, 15) is 0 Å². The molecule has 138 valence electrons. The molecule has 1 fully saturated rings. The van der Waals surface area contributed by atoms with Gasteiger partial charge in [0.1, 0.15) is 0 Å². The Morgan fingerprint density at radius 2 is 1.27 bits per heavy atom. The van der Waals surface area contributed by atoms with Crippen molar-refractivity contribution in [2.45, 2.75) is 60.4 Å². The molecule has 1 aliphatic heterocycles. The first-order chi connectivity index (χ1) is 12.3. The smallest absolute Gasteiger partial charge is 0.0517 e. The van der Waals surface area contributed by atoms with Crippen LogP contribution in [0.5, 0.6) is 0 Å². The van der Waals surface area contributed by atoms with Crippen molar-refractivity contribution in [2.24, 2.45) is 0 Å². The first-order valence-corrected chi connectivity index (χ1v) is 9.67. The maximum absolute atomic E-state index is 4.56. The van der Waals surface area contributed by atoms with Gasteiger partial charge < -0.3 is 10.2 Å². The second-order valence-corrected chi connectivity index (χ2v) is 7.97. The van der Waals surface area contributed by atoms with Crippen molar-refractivity contribution in [1.29, 1.82) is 0 Å². The largest absolute Gasteiger partial charge is 0.312 e. The van der Waals surface area contributed by atoms with Crippen molar-refractivity contribution in [3.63, 3.8) is 0 Å². The van der Waals surface area contributed by atoms with E-state index >= 15 is 0 Å². The Balaban J connectivity index is 2.23. The SMILES string of the molecule is C=C([C@@H]1CCCN1)N(c1c(C)cc(C)cc1C)c1c(C)cc(C)cc1C. The van der Waals surface area contributed by atoms with Crippen LogP contribution in [0.3, 0.4) is 0 Å². The van der Waals surface area contributed by atoms with Crippen LogP contribution in [-0.2, 0) is 0 Å². The van der Waals surface area contributed by atoms with E-state index in [4.69, 9.17) is 0 Å². The summed E-state index contributed by atoms with van der Waals surface area (Å²) in [5, 5.41) is 3.64. The topological polar surface area (TPSA) is 15.3 Å². The van der Waals surface area contributed by atoms with E-state index in [0.717, 1.165) is 18.7 Å². The van der Waals surface area contributed by atoms with Gasteiger partial charge in [-0.25, -0.2) is 0 Å². The predicted molar refractivity (Wildman–Crippen MR) is 114 cm³/mol. The fourth-order valence-electron chi connectivity index (χ4n) is 4.57. The molecular formula is C24H32N2. The highest BCUT2D eigenvalue weighted by atomic mass is 15.2. The van der Waals surface area contributed by atoms with Gasteiger partial charge in [-0.2, -0.15) is 0 Å². The molecule has 0 bridgehead atoms. The van der Waals surface area contributed by atoms with Gasteiger partial charge in [0.15, 0.2) is 0 Å². The summed E-state index contributed by atoms with van der Waals surface area (Å²) in [5.41, 5.74) is 11.6. The zero-order chi connectivity index (χ0) is 19.0. The van der Waals surface area contributed by atoms with E-state index < -0.39 is 0 Å². The molecule has 1 aliphatic rings. The van der Waals surface area contributed by atoms with Crippen molar-refractivity contribution in [1.82, 2.24) is 5.32 Å². The van der Waals surface area contributed by atoms with E-state index in [-0.39, 0.29) is 0 Å². The molecule has 2 aromatic rings. The number of nitrogens with zero attached hydrogens (tertiary/aromatic N) is 1. The second kappa shape index (κ2) is 7.28. The monoisotopic (exact) mass is 348 g/mol. The lowest BCUT2D eigenvalue weighted by Gasteiger charge is -2.35. The normalized spacial score (nSPS) is 16.8. The molecule has 1 heterocycles. The molecule has 0 saturated carbocycles. The quantitative estimate of drug-likeness (QED) is 0.735. The standard InChI is InChI=1S/C24H32N2/c1-15-11-17(3)23(18(4)12-15)26(21(7)22-9-8-10-25-22)24-19(5)13-16(2)14-20(24)6/h11-14,22,25H,7-10H2,1-6H3/t22-/m0/s1. The summed E-state index contributed by atoms with van der Waals surface area (Å²) in [4.78, 5) is 2.43. The number of nitrogens with one attached hydrogen (secondary N) is 1. The molecule has 3 rings (SSSR count). The third kappa shape index (κ3) is 3.43. The number of anilines is 2. The van der Waals surface area contributed by atoms with E-state index in [0.29, 0.717) is 6.04 Å². The minimum Gasteiger partial charge on any atom is -0.312 e. The van der Waals surface area contributed by atoms with Crippen molar-refractivity contribution in [2.75, 3.05) is 11.4 Å². The molecule has 0 spiro atoms. The molecule has 2 heteroatoms. The zero-order valence-corrected chi connectivity index (χ0v) is 17.2. The molecule has 0 amide bonds. The molecule has 2 aromatic carbocycles. The first kappa shape index (κ1) is 18.7. The molecule has 0 radical (unpaired) electrons. The fourth-order valence-corrected chi connectivity index (χ4v) is 4.57. The van der Waals surface area contributed by atoms with Gasteiger partial charge in [0, 0.05) is 11.7 Å². The molecule has 0 unspecified atom stereocenters. The molecule has 0 aliphatic carbocycles. The molecule has 2 nitrogen and oxygen atoms in total. The maximum atomic E-state index is 4.56. The summed E-state index contributed by atoms with van der Waals surface area (Å²) in [6, 6.07) is 9.47. The van der Waals surface area contributed by atoms with Crippen LogP contribution in [0.2, 0.25) is 0 Å². The molecule has 26 heavy (non-hydrogen) atoms. The van der Waals surface area contributed by atoms with Gasteiger partial charge in [-0.1, -0.05) is 42.0 Å². The third-order valence-corrected chi connectivity index (χ3v) is 5.47. The zero-order valence-electron chi connectivity index (χ0n) is 17.2. The maximum Gasteiger partial charge on any atom is 0.0517 e. The van der Waals surface area contributed by atoms with E-state index in [1.165, 1.54) is 51.2 Å². The summed E-state index contributed by atoms with van der Waals surface area (Å²) in [6.07, 6.45) is 2.37. The number of aryl methyl sites for hydroxylation is 6. The Labute approximate surface area is 158 Å². The minimum absolute atomic E-state index is 0.343. The average Bonchev–Trinajstić information content (AvgIpc) is 3.05. The lowest BCUT2D eigenvalue weighted by Crippen LogP contribution is -2.33. The lowest BCUT2D eigenvalue weighted by molar-refractivity contribution is 0.677. The van der Waals surface area contributed by atoms with Crippen LogP contribution in [0.1, 0.15) is 46.2 Å². The van der Waals surface area contributed by atoms with Gasteiger partial charge in [-0.15, -0.1) is 0 Å². The Morgan fingerprint density at radius 1 is 0.846 bits per heavy atom. The van der Waals surface area contributed by atoms with Crippen LogP contribution in [0.25, 0.3) is 0 Å². The number of benzene rings is 2. The van der Waals surface area contributed by atoms with Crippen LogP contribution >= 0.6 is 0 Å². The first-order valence-electron chi connectivity index (χ1n) is 9.67.